The molecule has 0 spiro atoms. The molecule has 4 rings (SSSR count). The molecular weight excluding hydrogens is 416 g/mol. The largest absolute Gasteiger partial charge is 0.266 e. The van der Waals surface area contributed by atoms with Gasteiger partial charge in [0.2, 0.25) is 5.13 Å². The third-order valence-corrected chi connectivity index (χ3v) is 6.45. The number of benzene rings is 3. The van der Waals surface area contributed by atoms with Gasteiger partial charge in [-0.2, -0.15) is 0 Å². The predicted molar refractivity (Wildman–Crippen MR) is 108 cm³/mol. The predicted octanol–water partition coefficient (Wildman–Crippen LogP) is 4.95. The Bertz CT molecular complexity index is 1280. The highest BCUT2D eigenvalue weighted by atomic mass is 32.2. The van der Waals surface area contributed by atoms with E-state index in [9.17, 15) is 17.2 Å². The van der Waals surface area contributed by atoms with Gasteiger partial charge in [0.15, 0.2) is 5.01 Å². The summed E-state index contributed by atoms with van der Waals surface area (Å²) in [5.74, 6) is -1.39. The highest BCUT2D eigenvalue weighted by Gasteiger charge is 2.21. The molecule has 1 heterocycles. The van der Waals surface area contributed by atoms with Crippen LogP contribution in [0, 0.1) is 11.6 Å². The van der Waals surface area contributed by atoms with Crippen molar-refractivity contribution in [2.24, 2.45) is 0 Å². The van der Waals surface area contributed by atoms with E-state index in [1.54, 1.807) is 12.1 Å². The van der Waals surface area contributed by atoms with E-state index in [-0.39, 0.29) is 15.7 Å². The van der Waals surface area contributed by atoms with Crippen molar-refractivity contribution in [3.8, 4) is 21.7 Å². The van der Waals surface area contributed by atoms with Gasteiger partial charge in [-0.05, 0) is 35.4 Å². The number of aromatic nitrogens is 2. The Hall–Kier alpha value is -3.17. The van der Waals surface area contributed by atoms with Crippen molar-refractivity contribution in [1.29, 1.82) is 0 Å². The zero-order valence-electron chi connectivity index (χ0n) is 14.7. The van der Waals surface area contributed by atoms with Crippen molar-refractivity contribution in [1.82, 2.24) is 10.2 Å². The maximum atomic E-state index is 14.4. The van der Waals surface area contributed by atoms with Crippen LogP contribution in [-0.4, -0.2) is 18.6 Å². The molecule has 146 valence electrons. The molecule has 0 aliphatic heterocycles. The molecule has 9 heteroatoms. The van der Waals surface area contributed by atoms with Crippen LogP contribution in [0.1, 0.15) is 0 Å². The lowest BCUT2D eigenvalue weighted by Gasteiger charge is -2.05. The minimum absolute atomic E-state index is 0.0900. The first-order valence-corrected chi connectivity index (χ1v) is 10.7. The van der Waals surface area contributed by atoms with E-state index in [1.807, 2.05) is 30.3 Å². The molecule has 0 amide bonds. The lowest BCUT2D eigenvalue weighted by atomic mass is 10.0. The Kier molecular flexibility index (Phi) is 5.08. The first-order chi connectivity index (χ1) is 13.9. The summed E-state index contributed by atoms with van der Waals surface area (Å²) in [4.78, 5) is -0.506. The maximum Gasteiger partial charge on any atom is 0.266 e. The lowest BCUT2D eigenvalue weighted by molar-refractivity contribution is 0.570. The number of hydrogen-bond acceptors (Lipinski definition) is 5. The van der Waals surface area contributed by atoms with Gasteiger partial charge in [-0.3, -0.25) is 4.72 Å². The van der Waals surface area contributed by atoms with Crippen LogP contribution in [0.4, 0.5) is 13.9 Å². The molecule has 0 atom stereocenters. The fourth-order valence-electron chi connectivity index (χ4n) is 2.71. The average Bonchev–Trinajstić information content (AvgIpc) is 3.16. The molecule has 1 N–H and O–H groups in total. The SMILES string of the molecule is O=S(=O)(Nc1nnc(-c2cc(-c3ccccc3)ccc2F)s1)c1ccccc1F. The normalized spacial score (nSPS) is 11.4. The summed E-state index contributed by atoms with van der Waals surface area (Å²) in [6.45, 7) is 0. The highest BCUT2D eigenvalue weighted by Crippen LogP contribution is 2.33. The van der Waals surface area contributed by atoms with Crippen LogP contribution < -0.4 is 4.72 Å². The molecule has 0 unspecified atom stereocenters. The Balaban J connectivity index is 1.65. The first kappa shape index (κ1) is 19.2. The van der Waals surface area contributed by atoms with Crippen LogP contribution in [0.2, 0.25) is 0 Å². The molecule has 29 heavy (non-hydrogen) atoms. The maximum absolute atomic E-state index is 14.4. The van der Waals surface area contributed by atoms with E-state index in [4.69, 9.17) is 0 Å². The van der Waals surface area contributed by atoms with E-state index in [0.29, 0.717) is 0 Å². The average molecular weight is 429 g/mol. The lowest BCUT2D eigenvalue weighted by Crippen LogP contribution is -2.14. The third kappa shape index (κ3) is 4.01. The van der Waals surface area contributed by atoms with Crippen molar-refractivity contribution in [3.05, 3.63) is 84.4 Å². The summed E-state index contributed by atoms with van der Waals surface area (Å²) < 4.78 is 55.2. The van der Waals surface area contributed by atoms with Crippen molar-refractivity contribution >= 4 is 26.5 Å². The summed E-state index contributed by atoms with van der Waals surface area (Å²) >= 11 is 0.856. The second kappa shape index (κ2) is 7.69. The van der Waals surface area contributed by atoms with Gasteiger partial charge < -0.3 is 0 Å². The van der Waals surface area contributed by atoms with Crippen LogP contribution in [0.15, 0.2) is 77.7 Å². The van der Waals surface area contributed by atoms with Gasteiger partial charge in [0.25, 0.3) is 10.0 Å². The molecule has 0 bridgehead atoms. The second-order valence-corrected chi connectivity index (χ2v) is 8.64. The Morgan fingerprint density at radius 1 is 0.793 bits per heavy atom. The Labute approximate surface area is 169 Å². The van der Waals surface area contributed by atoms with Gasteiger partial charge in [0, 0.05) is 5.56 Å². The quantitative estimate of drug-likeness (QED) is 0.487. The number of sulfonamides is 1. The minimum Gasteiger partial charge on any atom is -0.253 e. The fourth-order valence-corrected chi connectivity index (χ4v) is 4.78. The summed E-state index contributed by atoms with van der Waals surface area (Å²) in [6, 6.07) is 19.0. The van der Waals surface area contributed by atoms with Gasteiger partial charge in [-0.25, -0.2) is 17.2 Å². The summed E-state index contributed by atoms with van der Waals surface area (Å²) in [5, 5.41) is 7.77. The number of halogens is 2. The monoisotopic (exact) mass is 429 g/mol. The van der Waals surface area contributed by atoms with E-state index in [2.05, 4.69) is 14.9 Å². The Morgan fingerprint density at radius 2 is 1.52 bits per heavy atom. The van der Waals surface area contributed by atoms with E-state index in [1.165, 1.54) is 18.2 Å². The van der Waals surface area contributed by atoms with E-state index >= 15 is 0 Å². The number of nitrogens with zero attached hydrogens (tertiary/aromatic N) is 2. The molecule has 0 radical (unpaired) electrons. The summed E-state index contributed by atoms with van der Waals surface area (Å²) in [5.41, 5.74) is 1.88. The molecule has 1 aromatic heterocycles. The zero-order valence-corrected chi connectivity index (χ0v) is 16.3. The summed E-state index contributed by atoms with van der Waals surface area (Å²) in [7, 11) is -4.18. The number of rotatable bonds is 5. The van der Waals surface area contributed by atoms with Gasteiger partial charge in [-0.15, -0.1) is 10.2 Å². The molecule has 0 saturated carbocycles. The minimum atomic E-state index is -4.18. The van der Waals surface area contributed by atoms with E-state index < -0.39 is 26.6 Å². The molecule has 0 fully saturated rings. The Morgan fingerprint density at radius 3 is 2.28 bits per heavy atom. The molecule has 5 nitrogen and oxygen atoms in total. The number of anilines is 1. The second-order valence-electron chi connectivity index (χ2n) is 6.01. The van der Waals surface area contributed by atoms with Crippen molar-refractivity contribution in [2.45, 2.75) is 4.90 Å². The molecule has 3 aromatic carbocycles. The summed E-state index contributed by atoms with van der Waals surface area (Å²) in [6.07, 6.45) is 0. The van der Waals surface area contributed by atoms with Crippen molar-refractivity contribution < 1.29 is 17.2 Å². The zero-order chi connectivity index (χ0) is 20.4. The first-order valence-electron chi connectivity index (χ1n) is 8.40. The van der Waals surface area contributed by atoms with Crippen LogP contribution in [0.25, 0.3) is 21.7 Å². The standard InChI is InChI=1S/C20H13F2N3O2S2/c21-16-11-10-14(13-6-2-1-3-7-13)12-15(16)19-23-24-20(28-19)25-29(26,27)18-9-5-4-8-17(18)22/h1-12H,(H,24,25). The fraction of sp³-hybridized carbons (Fsp3) is 0. The molecule has 0 aliphatic rings. The van der Waals surface area contributed by atoms with Crippen LogP contribution in [-0.2, 0) is 10.0 Å². The molecular formula is C20H13F2N3O2S2. The molecule has 4 aromatic rings. The topological polar surface area (TPSA) is 72.0 Å². The highest BCUT2D eigenvalue weighted by molar-refractivity contribution is 7.93. The molecule has 0 aliphatic carbocycles. The van der Waals surface area contributed by atoms with Crippen LogP contribution in [0.5, 0.6) is 0 Å². The van der Waals surface area contributed by atoms with Gasteiger partial charge in [0.05, 0.1) is 0 Å². The van der Waals surface area contributed by atoms with Crippen LogP contribution >= 0.6 is 11.3 Å². The van der Waals surface area contributed by atoms with Gasteiger partial charge in [-0.1, -0.05) is 59.9 Å². The van der Waals surface area contributed by atoms with Gasteiger partial charge in [0.1, 0.15) is 16.5 Å². The number of hydrogen-bond donors (Lipinski definition) is 1. The van der Waals surface area contributed by atoms with Crippen molar-refractivity contribution in [3.63, 3.8) is 0 Å². The number of nitrogens with one attached hydrogen (secondary N) is 1. The van der Waals surface area contributed by atoms with Gasteiger partial charge >= 0.3 is 0 Å². The van der Waals surface area contributed by atoms with Crippen molar-refractivity contribution in [2.75, 3.05) is 4.72 Å². The third-order valence-electron chi connectivity index (χ3n) is 4.08. The van der Waals surface area contributed by atoms with Crippen LogP contribution in [0.3, 0.4) is 0 Å². The smallest absolute Gasteiger partial charge is 0.253 e. The molecule has 0 saturated heterocycles. The van der Waals surface area contributed by atoms with E-state index in [0.717, 1.165) is 34.6 Å².